The summed E-state index contributed by atoms with van der Waals surface area (Å²) in [6, 6.07) is 4.65. The van der Waals surface area contributed by atoms with Gasteiger partial charge < -0.3 is 5.32 Å². The molecule has 1 atom stereocenters. The van der Waals surface area contributed by atoms with Gasteiger partial charge in [-0.1, -0.05) is 19.9 Å². The zero-order chi connectivity index (χ0) is 13.9. The van der Waals surface area contributed by atoms with E-state index in [0.29, 0.717) is 11.3 Å². The van der Waals surface area contributed by atoms with Crippen LogP contribution in [-0.4, -0.2) is 14.3 Å². The average Bonchev–Trinajstić information content (AvgIpc) is 2.29. The molecule has 0 saturated carbocycles. The van der Waals surface area contributed by atoms with Crippen molar-refractivity contribution in [2.75, 3.05) is 5.32 Å². The number of hydrogen-bond acceptors (Lipinski definition) is 3. The largest absolute Gasteiger partial charge is 0.326 e. The molecule has 5 nitrogen and oxygen atoms in total. The number of anilines is 1. The first-order chi connectivity index (χ1) is 8.25. The first-order valence-corrected chi connectivity index (χ1v) is 7.24. The highest BCUT2D eigenvalue weighted by Gasteiger charge is 2.15. The molecule has 6 heteroatoms. The van der Waals surface area contributed by atoms with Crippen molar-refractivity contribution >= 4 is 21.6 Å². The van der Waals surface area contributed by atoms with Gasteiger partial charge in [-0.3, -0.25) is 4.79 Å². The summed E-state index contributed by atoms with van der Waals surface area (Å²) in [6.45, 7) is 5.37. The van der Waals surface area contributed by atoms with Gasteiger partial charge in [-0.05, 0) is 31.0 Å². The summed E-state index contributed by atoms with van der Waals surface area (Å²) in [5.74, 6) is -0.258. The molecule has 18 heavy (non-hydrogen) atoms. The Kier molecular flexibility index (Phi) is 4.48. The molecule has 1 aromatic rings. The van der Waals surface area contributed by atoms with Gasteiger partial charge in [-0.2, -0.15) is 0 Å². The van der Waals surface area contributed by atoms with Gasteiger partial charge in [-0.25, -0.2) is 13.6 Å². The lowest BCUT2D eigenvalue weighted by molar-refractivity contribution is -0.119. The highest BCUT2D eigenvalue weighted by Crippen LogP contribution is 2.19. The summed E-state index contributed by atoms with van der Waals surface area (Å²) in [5.41, 5.74) is 0.994. The standard InChI is InChI=1S/C12H18N2O3S/c1-4-8(2)12(15)14-10-6-5-9(3)11(7-10)18(13,16)17/h5-8H,4H2,1-3H3,(H,14,15)(H2,13,16,17). The van der Waals surface area contributed by atoms with Gasteiger partial charge >= 0.3 is 0 Å². The third-order valence-electron chi connectivity index (χ3n) is 2.82. The quantitative estimate of drug-likeness (QED) is 0.871. The molecule has 1 amide bonds. The number of rotatable bonds is 4. The monoisotopic (exact) mass is 270 g/mol. The van der Waals surface area contributed by atoms with Gasteiger partial charge in [0, 0.05) is 11.6 Å². The lowest BCUT2D eigenvalue weighted by Crippen LogP contribution is -2.20. The Labute approximate surface area is 107 Å². The number of carbonyl (C=O) groups excluding carboxylic acids is 1. The van der Waals surface area contributed by atoms with Gasteiger partial charge in [0.2, 0.25) is 15.9 Å². The summed E-state index contributed by atoms with van der Waals surface area (Å²) >= 11 is 0. The average molecular weight is 270 g/mol. The van der Waals surface area contributed by atoms with Crippen LogP contribution in [0.25, 0.3) is 0 Å². The lowest BCUT2D eigenvalue weighted by atomic mass is 10.1. The second-order valence-electron chi connectivity index (χ2n) is 4.32. The van der Waals surface area contributed by atoms with E-state index in [2.05, 4.69) is 5.32 Å². The molecule has 0 aliphatic heterocycles. The number of amides is 1. The van der Waals surface area contributed by atoms with Crippen molar-refractivity contribution in [3.63, 3.8) is 0 Å². The number of aryl methyl sites for hydroxylation is 1. The van der Waals surface area contributed by atoms with Crippen LogP contribution in [0.1, 0.15) is 25.8 Å². The fraction of sp³-hybridized carbons (Fsp3) is 0.417. The third kappa shape index (κ3) is 3.54. The minimum absolute atomic E-state index is 0.0319. The van der Waals surface area contributed by atoms with Gasteiger partial charge in [0.15, 0.2) is 0 Å². The molecule has 1 aromatic carbocycles. The van der Waals surface area contributed by atoms with Crippen molar-refractivity contribution in [1.29, 1.82) is 0 Å². The van der Waals surface area contributed by atoms with Crippen LogP contribution >= 0.6 is 0 Å². The molecule has 0 radical (unpaired) electrons. The van der Waals surface area contributed by atoms with Crippen LogP contribution in [0, 0.1) is 12.8 Å². The zero-order valence-electron chi connectivity index (χ0n) is 10.7. The number of nitrogens with one attached hydrogen (secondary N) is 1. The molecule has 100 valence electrons. The van der Waals surface area contributed by atoms with Crippen molar-refractivity contribution in [3.05, 3.63) is 23.8 Å². The maximum atomic E-state index is 11.7. The smallest absolute Gasteiger partial charge is 0.238 e. The zero-order valence-corrected chi connectivity index (χ0v) is 11.5. The van der Waals surface area contributed by atoms with E-state index in [9.17, 15) is 13.2 Å². The predicted octanol–water partition coefficient (Wildman–Crippen LogP) is 1.63. The molecular formula is C12H18N2O3S. The summed E-state index contributed by atoms with van der Waals surface area (Å²) in [6.07, 6.45) is 0.722. The van der Waals surface area contributed by atoms with Crippen molar-refractivity contribution in [2.24, 2.45) is 11.1 Å². The van der Waals surface area contributed by atoms with E-state index in [0.717, 1.165) is 6.42 Å². The lowest BCUT2D eigenvalue weighted by Gasteiger charge is -2.11. The van der Waals surface area contributed by atoms with Gasteiger partial charge in [0.05, 0.1) is 4.90 Å². The number of primary sulfonamides is 1. The topological polar surface area (TPSA) is 89.3 Å². The molecule has 1 rings (SSSR count). The Morgan fingerprint density at radius 1 is 1.44 bits per heavy atom. The van der Waals surface area contributed by atoms with E-state index < -0.39 is 10.0 Å². The molecule has 0 aliphatic rings. The molecule has 0 aromatic heterocycles. The third-order valence-corrected chi connectivity index (χ3v) is 3.88. The molecule has 0 bridgehead atoms. The highest BCUT2D eigenvalue weighted by atomic mass is 32.2. The number of benzene rings is 1. The second-order valence-corrected chi connectivity index (χ2v) is 5.85. The number of carbonyl (C=O) groups is 1. The SMILES string of the molecule is CCC(C)C(=O)Nc1ccc(C)c(S(N)(=O)=O)c1. The summed E-state index contributed by atoms with van der Waals surface area (Å²) in [5, 5.41) is 7.78. The van der Waals surface area contributed by atoms with Gasteiger partial charge in [0.1, 0.15) is 0 Å². The molecular weight excluding hydrogens is 252 g/mol. The first kappa shape index (κ1) is 14.7. The molecule has 0 heterocycles. The van der Waals surface area contributed by atoms with Crippen LogP contribution in [0.15, 0.2) is 23.1 Å². The molecule has 1 unspecified atom stereocenters. The fourth-order valence-electron chi connectivity index (χ4n) is 1.44. The van der Waals surface area contributed by atoms with Crippen molar-refractivity contribution in [3.8, 4) is 0 Å². The summed E-state index contributed by atoms with van der Waals surface area (Å²) in [4.78, 5) is 11.7. The van der Waals surface area contributed by atoms with Gasteiger partial charge in [0.25, 0.3) is 0 Å². The summed E-state index contributed by atoms with van der Waals surface area (Å²) in [7, 11) is -3.77. The Morgan fingerprint density at radius 2 is 2.06 bits per heavy atom. The van der Waals surface area contributed by atoms with Crippen molar-refractivity contribution in [2.45, 2.75) is 32.1 Å². The fourth-order valence-corrected chi connectivity index (χ4v) is 2.24. The van der Waals surface area contributed by atoms with Crippen LogP contribution in [0.3, 0.4) is 0 Å². The minimum Gasteiger partial charge on any atom is -0.326 e. The van der Waals surface area contributed by atoms with Crippen LogP contribution < -0.4 is 10.5 Å². The Bertz CT molecular complexity index is 552. The Morgan fingerprint density at radius 3 is 2.56 bits per heavy atom. The predicted molar refractivity (Wildman–Crippen MR) is 70.6 cm³/mol. The van der Waals surface area contributed by atoms with E-state index in [1.165, 1.54) is 6.07 Å². The van der Waals surface area contributed by atoms with Crippen LogP contribution in [0.2, 0.25) is 0 Å². The molecule has 3 N–H and O–H groups in total. The normalized spacial score (nSPS) is 13.1. The molecule has 0 saturated heterocycles. The Hall–Kier alpha value is -1.40. The van der Waals surface area contributed by atoms with Crippen LogP contribution in [-0.2, 0) is 14.8 Å². The number of hydrogen-bond donors (Lipinski definition) is 2. The molecule has 0 spiro atoms. The van der Waals surface area contributed by atoms with E-state index in [4.69, 9.17) is 5.14 Å². The maximum absolute atomic E-state index is 11.7. The highest BCUT2D eigenvalue weighted by molar-refractivity contribution is 7.89. The van der Waals surface area contributed by atoms with Crippen molar-refractivity contribution in [1.82, 2.24) is 0 Å². The molecule has 0 aliphatic carbocycles. The van der Waals surface area contributed by atoms with E-state index in [1.807, 2.05) is 13.8 Å². The van der Waals surface area contributed by atoms with E-state index >= 15 is 0 Å². The van der Waals surface area contributed by atoms with Gasteiger partial charge in [-0.15, -0.1) is 0 Å². The minimum atomic E-state index is -3.77. The summed E-state index contributed by atoms with van der Waals surface area (Å²) < 4.78 is 22.7. The second kappa shape index (κ2) is 5.49. The number of nitrogens with two attached hydrogens (primary N) is 1. The van der Waals surface area contributed by atoms with Crippen molar-refractivity contribution < 1.29 is 13.2 Å². The van der Waals surface area contributed by atoms with E-state index in [-0.39, 0.29) is 16.7 Å². The van der Waals surface area contributed by atoms with Crippen LogP contribution in [0.4, 0.5) is 5.69 Å². The van der Waals surface area contributed by atoms with E-state index in [1.54, 1.807) is 19.1 Å². The Balaban J connectivity index is 3.04. The van der Waals surface area contributed by atoms with Crippen LogP contribution in [0.5, 0.6) is 0 Å². The molecule has 0 fully saturated rings. The number of sulfonamides is 1. The maximum Gasteiger partial charge on any atom is 0.238 e. The first-order valence-electron chi connectivity index (χ1n) is 5.70.